The monoisotopic (exact) mass is 398 g/mol. The summed E-state index contributed by atoms with van der Waals surface area (Å²) < 4.78 is 10.00. The smallest absolute Gasteiger partial charge is 0.221 e. The molecule has 3 rings (SSSR count). The molecule has 0 spiro atoms. The fourth-order valence-electron chi connectivity index (χ4n) is 2.74. The predicted molar refractivity (Wildman–Crippen MR) is 111 cm³/mol. The fourth-order valence-corrected chi connectivity index (χ4v) is 3.45. The Kier molecular flexibility index (Phi) is 7.19. The van der Waals surface area contributed by atoms with E-state index in [2.05, 4.69) is 33.6 Å². The number of furan rings is 1. The first kappa shape index (κ1) is 20.1. The van der Waals surface area contributed by atoms with Gasteiger partial charge in [0.1, 0.15) is 11.6 Å². The third kappa shape index (κ3) is 5.92. The lowest BCUT2D eigenvalue weighted by molar-refractivity contribution is -0.121. The number of amides is 1. The van der Waals surface area contributed by atoms with Gasteiger partial charge in [-0.3, -0.25) is 4.79 Å². The van der Waals surface area contributed by atoms with Gasteiger partial charge < -0.3 is 14.6 Å². The number of benzene rings is 1. The molecule has 0 aliphatic rings. The minimum atomic E-state index is 0.0489. The molecule has 1 N–H and O–H groups in total. The van der Waals surface area contributed by atoms with Gasteiger partial charge in [-0.1, -0.05) is 37.3 Å². The van der Waals surface area contributed by atoms with Crippen molar-refractivity contribution < 1.29 is 9.21 Å². The van der Waals surface area contributed by atoms with Crippen molar-refractivity contribution >= 4 is 22.6 Å². The molecule has 28 heavy (non-hydrogen) atoms. The number of anilines is 1. The Morgan fingerprint density at radius 1 is 1.25 bits per heavy atom. The van der Waals surface area contributed by atoms with Crippen LogP contribution in [0.25, 0.3) is 0 Å². The molecule has 0 bridgehead atoms. The van der Waals surface area contributed by atoms with Gasteiger partial charge in [-0.2, -0.15) is 4.37 Å². The Bertz CT molecular complexity index is 848. The maximum Gasteiger partial charge on any atom is 0.221 e. The molecule has 1 atom stereocenters. The molecular weight excluding hydrogens is 372 g/mol. The topological polar surface area (TPSA) is 71.3 Å². The Morgan fingerprint density at radius 2 is 2.07 bits per heavy atom. The summed E-state index contributed by atoms with van der Waals surface area (Å²) in [5, 5.41) is 3.82. The molecule has 0 saturated carbocycles. The van der Waals surface area contributed by atoms with Crippen LogP contribution in [0.4, 0.5) is 5.13 Å². The maximum atomic E-state index is 12.2. The zero-order valence-electron chi connectivity index (χ0n) is 16.3. The predicted octanol–water partition coefficient (Wildman–Crippen LogP) is 4.03. The minimum absolute atomic E-state index is 0.0489. The van der Waals surface area contributed by atoms with Gasteiger partial charge in [0.15, 0.2) is 0 Å². The van der Waals surface area contributed by atoms with Crippen molar-refractivity contribution in [2.45, 2.75) is 45.7 Å². The Labute approximate surface area is 169 Å². The van der Waals surface area contributed by atoms with Crippen molar-refractivity contribution in [3.05, 3.63) is 65.9 Å². The average molecular weight is 399 g/mol. The molecular formula is C21H26N4O2S. The van der Waals surface area contributed by atoms with Gasteiger partial charge >= 0.3 is 0 Å². The summed E-state index contributed by atoms with van der Waals surface area (Å²) in [6.07, 6.45) is 3.67. The maximum absolute atomic E-state index is 12.2. The summed E-state index contributed by atoms with van der Waals surface area (Å²) in [4.78, 5) is 19.0. The molecule has 6 nitrogen and oxygen atoms in total. The molecule has 0 saturated heterocycles. The van der Waals surface area contributed by atoms with Gasteiger partial charge in [0.25, 0.3) is 0 Å². The first-order chi connectivity index (χ1) is 13.6. The summed E-state index contributed by atoms with van der Waals surface area (Å²) >= 11 is 1.36. The normalized spacial score (nSPS) is 11.9. The summed E-state index contributed by atoms with van der Waals surface area (Å²) in [5.41, 5.74) is 1.18. The SMILES string of the molecule is CC[C@H](C)NC(=O)CCN(Cc1ccco1)c1nc(Cc2ccccc2)ns1. The minimum Gasteiger partial charge on any atom is -0.467 e. The molecule has 3 aromatic rings. The average Bonchev–Trinajstić information content (AvgIpc) is 3.38. The van der Waals surface area contributed by atoms with Crippen LogP contribution in [0, 0.1) is 0 Å². The van der Waals surface area contributed by atoms with Gasteiger partial charge in [0.2, 0.25) is 11.0 Å². The van der Waals surface area contributed by atoms with E-state index in [-0.39, 0.29) is 11.9 Å². The van der Waals surface area contributed by atoms with Gasteiger partial charge in [-0.05, 0) is 31.0 Å². The third-order valence-electron chi connectivity index (χ3n) is 4.49. The van der Waals surface area contributed by atoms with Crippen molar-refractivity contribution in [1.29, 1.82) is 0 Å². The van der Waals surface area contributed by atoms with Crippen LogP contribution in [-0.4, -0.2) is 27.9 Å². The van der Waals surface area contributed by atoms with Crippen molar-refractivity contribution in [3.63, 3.8) is 0 Å². The molecule has 1 amide bonds. The lowest BCUT2D eigenvalue weighted by atomic mass is 10.1. The van der Waals surface area contributed by atoms with Crippen molar-refractivity contribution in [2.75, 3.05) is 11.4 Å². The van der Waals surface area contributed by atoms with Crippen LogP contribution >= 0.6 is 11.5 Å². The molecule has 2 aromatic heterocycles. The van der Waals surface area contributed by atoms with Gasteiger partial charge in [0, 0.05) is 37.0 Å². The van der Waals surface area contributed by atoms with Crippen LogP contribution < -0.4 is 10.2 Å². The number of nitrogens with zero attached hydrogens (tertiary/aromatic N) is 3. The Hall–Kier alpha value is -2.67. The summed E-state index contributed by atoms with van der Waals surface area (Å²) in [6, 6.07) is 14.1. The molecule has 0 fully saturated rings. The second kappa shape index (κ2) is 10.0. The molecule has 7 heteroatoms. The zero-order chi connectivity index (χ0) is 19.8. The largest absolute Gasteiger partial charge is 0.467 e. The molecule has 0 aliphatic heterocycles. The number of rotatable bonds is 10. The van der Waals surface area contributed by atoms with Crippen molar-refractivity contribution in [3.8, 4) is 0 Å². The molecule has 0 unspecified atom stereocenters. The molecule has 0 aliphatic carbocycles. The number of nitrogens with one attached hydrogen (secondary N) is 1. The van der Waals surface area contributed by atoms with Crippen LogP contribution in [0.5, 0.6) is 0 Å². The second-order valence-electron chi connectivity index (χ2n) is 6.78. The standard InChI is InChI=1S/C21H26N4O2S/c1-3-16(2)22-20(26)11-12-25(15-18-10-7-13-27-18)21-23-19(24-28-21)14-17-8-5-4-6-9-17/h4-10,13,16H,3,11-12,14-15H2,1-2H3,(H,22,26)/t16-/m0/s1. The lowest BCUT2D eigenvalue weighted by Crippen LogP contribution is -2.35. The molecule has 148 valence electrons. The van der Waals surface area contributed by atoms with Crippen molar-refractivity contribution in [1.82, 2.24) is 14.7 Å². The zero-order valence-corrected chi connectivity index (χ0v) is 17.1. The van der Waals surface area contributed by atoms with Crippen LogP contribution in [0.2, 0.25) is 0 Å². The molecule has 0 radical (unpaired) electrons. The fraction of sp³-hybridized carbons (Fsp3) is 0.381. The van der Waals surface area contributed by atoms with E-state index in [4.69, 9.17) is 9.40 Å². The van der Waals surface area contributed by atoms with Crippen LogP contribution in [-0.2, 0) is 17.8 Å². The third-order valence-corrected chi connectivity index (χ3v) is 5.30. The molecule has 2 heterocycles. The Morgan fingerprint density at radius 3 is 2.79 bits per heavy atom. The van der Waals surface area contributed by atoms with E-state index in [1.54, 1.807) is 6.26 Å². The van der Waals surface area contributed by atoms with E-state index in [0.717, 1.165) is 23.1 Å². The van der Waals surface area contributed by atoms with Gasteiger partial charge in [-0.25, -0.2) is 4.98 Å². The lowest BCUT2D eigenvalue weighted by Gasteiger charge is -2.20. The van der Waals surface area contributed by atoms with E-state index in [9.17, 15) is 4.79 Å². The number of aromatic nitrogens is 2. The second-order valence-corrected chi connectivity index (χ2v) is 7.51. The highest BCUT2D eigenvalue weighted by Gasteiger charge is 2.17. The van der Waals surface area contributed by atoms with E-state index in [1.165, 1.54) is 17.1 Å². The Balaban J connectivity index is 1.67. The molecule has 1 aromatic carbocycles. The first-order valence-corrected chi connectivity index (χ1v) is 10.3. The first-order valence-electron chi connectivity index (χ1n) is 9.57. The quantitative estimate of drug-likeness (QED) is 0.558. The highest BCUT2D eigenvalue weighted by Crippen LogP contribution is 2.22. The van der Waals surface area contributed by atoms with E-state index in [1.807, 2.05) is 37.3 Å². The highest BCUT2D eigenvalue weighted by molar-refractivity contribution is 7.09. The van der Waals surface area contributed by atoms with Gasteiger partial charge in [-0.15, -0.1) is 0 Å². The number of hydrogen-bond acceptors (Lipinski definition) is 6. The number of hydrogen-bond donors (Lipinski definition) is 1. The highest BCUT2D eigenvalue weighted by atomic mass is 32.1. The van der Waals surface area contributed by atoms with Crippen LogP contribution in [0.1, 0.15) is 43.8 Å². The van der Waals surface area contributed by atoms with Crippen LogP contribution in [0.15, 0.2) is 53.1 Å². The van der Waals surface area contributed by atoms with Crippen LogP contribution in [0.3, 0.4) is 0 Å². The summed E-state index contributed by atoms with van der Waals surface area (Å²) in [5.74, 6) is 1.68. The number of carbonyl (C=O) groups excluding carboxylic acids is 1. The van der Waals surface area contributed by atoms with Gasteiger partial charge in [0.05, 0.1) is 12.8 Å². The van der Waals surface area contributed by atoms with E-state index in [0.29, 0.717) is 25.9 Å². The van der Waals surface area contributed by atoms with E-state index >= 15 is 0 Å². The summed E-state index contributed by atoms with van der Waals surface area (Å²) in [6.45, 7) is 5.19. The van der Waals surface area contributed by atoms with Crippen molar-refractivity contribution in [2.24, 2.45) is 0 Å². The summed E-state index contributed by atoms with van der Waals surface area (Å²) in [7, 11) is 0. The number of carbonyl (C=O) groups is 1. The van der Waals surface area contributed by atoms with E-state index < -0.39 is 0 Å².